The molecule has 0 bridgehead atoms. The fourth-order valence-electron chi connectivity index (χ4n) is 3.07. The van der Waals surface area contributed by atoms with Gasteiger partial charge in [0.25, 0.3) is 5.69 Å². The van der Waals surface area contributed by atoms with Crippen LogP contribution in [0.5, 0.6) is 11.5 Å². The lowest BCUT2D eigenvalue weighted by atomic mass is 10.1. The summed E-state index contributed by atoms with van der Waals surface area (Å²) in [4.78, 5) is 33.4. The Bertz CT molecular complexity index is 1290. The van der Waals surface area contributed by atoms with Crippen molar-refractivity contribution in [3.8, 4) is 11.5 Å². The lowest BCUT2D eigenvalue weighted by molar-refractivity contribution is -0.389. The molecule has 1 heterocycles. The average Bonchev–Trinajstić information content (AvgIpc) is 3.13. The van der Waals surface area contributed by atoms with Gasteiger partial charge in [0.2, 0.25) is 5.91 Å². The number of hydrogen-bond donors (Lipinski definition) is 1. The first kappa shape index (κ1) is 25.1. The highest BCUT2D eigenvalue weighted by Crippen LogP contribution is 2.34. The summed E-state index contributed by atoms with van der Waals surface area (Å²) in [6, 6.07) is 8.51. The molecule has 1 N–H and O–H groups in total. The highest BCUT2D eigenvalue weighted by atomic mass is 19.4. The lowest BCUT2D eigenvalue weighted by Gasteiger charge is -2.13. The van der Waals surface area contributed by atoms with E-state index in [1.165, 1.54) is 29.8 Å². The van der Waals surface area contributed by atoms with Gasteiger partial charge in [-0.2, -0.15) is 17.9 Å². The molecular weight excluding hydrogens is 475 g/mol. The summed E-state index contributed by atoms with van der Waals surface area (Å²) < 4.78 is 45.5. The molecule has 1 amide bonds. The van der Waals surface area contributed by atoms with Gasteiger partial charge in [-0.25, -0.2) is 0 Å². The Kier molecular flexibility index (Phi) is 7.03. The highest BCUT2D eigenvalue weighted by molar-refractivity contribution is 5.92. The molecule has 1 atom stereocenters. The van der Waals surface area contributed by atoms with Gasteiger partial charge in [-0.3, -0.25) is 14.9 Å². The van der Waals surface area contributed by atoms with E-state index in [1.807, 2.05) is 0 Å². The van der Waals surface area contributed by atoms with Crippen LogP contribution in [0.2, 0.25) is 0 Å². The van der Waals surface area contributed by atoms with Crippen LogP contribution in [0.1, 0.15) is 18.2 Å². The number of rotatable bonds is 8. The number of nitro groups is 2. The molecule has 0 saturated heterocycles. The third kappa shape index (κ3) is 6.31. The van der Waals surface area contributed by atoms with E-state index in [-0.39, 0.29) is 29.5 Å². The molecule has 0 aliphatic heterocycles. The van der Waals surface area contributed by atoms with E-state index in [0.717, 1.165) is 30.3 Å². The maximum Gasteiger partial charge on any atom is 0.416 e. The smallest absolute Gasteiger partial charge is 0.416 e. The molecule has 0 radical (unpaired) electrons. The first-order chi connectivity index (χ1) is 16.3. The van der Waals surface area contributed by atoms with Crippen molar-refractivity contribution in [3.05, 3.63) is 80.0 Å². The van der Waals surface area contributed by atoms with Gasteiger partial charge in [0.1, 0.15) is 11.5 Å². The second-order valence-corrected chi connectivity index (χ2v) is 7.57. The Balaban J connectivity index is 1.80. The first-order valence-corrected chi connectivity index (χ1v) is 9.98. The van der Waals surface area contributed by atoms with Crippen LogP contribution in [0, 0.1) is 33.1 Å². The predicted octanol–water partition coefficient (Wildman–Crippen LogP) is 5.09. The summed E-state index contributed by atoms with van der Waals surface area (Å²) in [5.41, 5.74) is -0.988. The van der Waals surface area contributed by atoms with Crippen LogP contribution in [0.4, 0.5) is 30.4 Å². The van der Waals surface area contributed by atoms with Crippen molar-refractivity contribution in [2.75, 3.05) is 5.32 Å². The Morgan fingerprint density at radius 1 is 1.11 bits per heavy atom. The van der Waals surface area contributed by atoms with Crippen molar-refractivity contribution in [2.24, 2.45) is 5.92 Å². The van der Waals surface area contributed by atoms with Crippen molar-refractivity contribution < 1.29 is 32.5 Å². The molecule has 3 rings (SSSR count). The highest BCUT2D eigenvalue weighted by Gasteiger charge is 2.30. The minimum absolute atomic E-state index is 0.00593. The van der Waals surface area contributed by atoms with E-state index in [4.69, 9.17) is 4.74 Å². The summed E-state index contributed by atoms with van der Waals surface area (Å²) in [6.07, 6.45) is -4.61. The monoisotopic (exact) mass is 493 g/mol. The second-order valence-electron chi connectivity index (χ2n) is 7.57. The number of hydrogen-bond acceptors (Lipinski definition) is 7. The molecule has 11 nitrogen and oxygen atoms in total. The first-order valence-electron chi connectivity index (χ1n) is 9.98. The fraction of sp³-hybridized carbons (Fsp3) is 0.238. The van der Waals surface area contributed by atoms with E-state index in [0.29, 0.717) is 5.69 Å². The van der Waals surface area contributed by atoms with Gasteiger partial charge < -0.3 is 20.2 Å². The maximum atomic E-state index is 12.9. The summed E-state index contributed by atoms with van der Waals surface area (Å²) in [5, 5.41) is 28.5. The van der Waals surface area contributed by atoms with Crippen molar-refractivity contribution in [2.45, 2.75) is 26.6 Å². The number of ether oxygens (including phenoxy) is 1. The number of aromatic nitrogens is 2. The SMILES string of the molecule is Cc1cc([N+](=O)[O-])nn1CC(C)C(=O)Nc1cc(Oc2cccc(C(F)(F)F)c2)cc([N+](=O)[O-])c1. The van der Waals surface area contributed by atoms with Gasteiger partial charge in [-0.1, -0.05) is 13.0 Å². The number of alkyl halides is 3. The molecule has 35 heavy (non-hydrogen) atoms. The van der Waals surface area contributed by atoms with Crippen molar-refractivity contribution >= 4 is 23.1 Å². The summed E-state index contributed by atoms with van der Waals surface area (Å²) >= 11 is 0. The van der Waals surface area contributed by atoms with E-state index in [1.54, 1.807) is 6.92 Å². The van der Waals surface area contributed by atoms with Crippen LogP contribution in [0.25, 0.3) is 0 Å². The van der Waals surface area contributed by atoms with Crippen molar-refractivity contribution in [1.82, 2.24) is 9.78 Å². The number of anilines is 1. The molecular formula is C21H18F3N5O6. The van der Waals surface area contributed by atoms with Gasteiger partial charge >= 0.3 is 12.0 Å². The Labute approximate surface area is 195 Å². The summed E-state index contributed by atoms with van der Waals surface area (Å²) in [6.45, 7) is 3.11. The van der Waals surface area contributed by atoms with E-state index >= 15 is 0 Å². The normalized spacial score (nSPS) is 12.1. The number of halogens is 3. The predicted molar refractivity (Wildman–Crippen MR) is 116 cm³/mol. The van der Waals surface area contributed by atoms with Crippen molar-refractivity contribution in [3.63, 3.8) is 0 Å². The van der Waals surface area contributed by atoms with Crippen molar-refractivity contribution in [1.29, 1.82) is 0 Å². The van der Waals surface area contributed by atoms with E-state index < -0.39 is 39.1 Å². The molecule has 184 valence electrons. The molecule has 1 aromatic heterocycles. The zero-order valence-electron chi connectivity index (χ0n) is 18.3. The van der Waals surface area contributed by atoms with Crippen LogP contribution in [0.3, 0.4) is 0 Å². The number of non-ortho nitro benzene ring substituents is 1. The van der Waals surface area contributed by atoms with Crippen LogP contribution in [-0.4, -0.2) is 25.5 Å². The van der Waals surface area contributed by atoms with Gasteiger partial charge in [0, 0.05) is 12.1 Å². The number of nitro benzene ring substituents is 1. The number of carbonyl (C=O) groups is 1. The molecule has 14 heteroatoms. The third-order valence-electron chi connectivity index (χ3n) is 4.82. The minimum atomic E-state index is -4.61. The molecule has 0 aliphatic carbocycles. The van der Waals surface area contributed by atoms with E-state index in [2.05, 4.69) is 10.4 Å². The molecule has 0 spiro atoms. The standard InChI is InChI=1S/C21H18F3N5O6/c1-12(11-27-13(2)6-19(26-27)29(33)34)20(30)25-15-8-16(28(31)32)10-18(9-15)35-17-5-3-4-14(7-17)21(22,23)24/h3-10,12H,11H2,1-2H3,(H,25,30). The zero-order chi connectivity index (χ0) is 25.9. The van der Waals surface area contributed by atoms with Gasteiger partial charge in [0.05, 0.1) is 51.6 Å². The molecule has 3 aromatic rings. The molecule has 0 fully saturated rings. The van der Waals surface area contributed by atoms with Gasteiger partial charge in [-0.15, -0.1) is 0 Å². The summed E-state index contributed by atoms with van der Waals surface area (Å²) in [7, 11) is 0. The summed E-state index contributed by atoms with van der Waals surface area (Å²) in [5.74, 6) is -2.07. The number of amides is 1. The molecule has 0 aliphatic rings. The Morgan fingerprint density at radius 3 is 2.43 bits per heavy atom. The fourth-order valence-corrected chi connectivity index (χ4v) is 3.07. The topological polar surface area (TPSA) is 142 Å². The van der Waals surface area contributed by atoms with Crippen LogP contribution < -0.4 is 10.1 Å². The van der Waals surface area contributed by atoms with Gasteiger partial charge in [0.15, 0.2) is 0 Å². The van der Waals surface area contributed by atoms with Crippen LogP contribution >= 0.6 is 0 Å². The number of nitrogens with zero attached hydrogens (tertiary/aromatic N) is 4. The lowest BCUT2D eigenvalue weighted by Crippen LogP contribution is -2.25. The van der Waals surface area contributed by atoms with Crippen LogP contribution in [-0.2, 0) is 17.5 Å². The number of aryl methyl sites for hydroxylation is 1. The molecule has 2 aromatic carbocycles. The number of benzene rings is 2. The third-order valence-corrected chi connectivity index (χ3v) is 4.82. The molecule has 1 unspecified atom stereocenters. The second kappa shape index (κ2) is 9.79. The molecule has 0 saturated carbocycles. The zero-order valence-corrected chi connectivity index (χ0v) is 18.3. The Morgan fingerprint density at radius 2 is 1.83 bits per heavy atom. The van der Waals surface area contributed by atoms with Crippen LogP contribution in [0.15, 0.2) is 48.5 Å². The van der Waals surface area contributed by atoms with E-state index in [9.17, 15) is 38.2 Å². The van der Waals surface area contributed by atoms with Gasteiger partial charge in [-0.05, 0) is 30.0 Å². The Hall–Kier alpha value is -4.49. The number of carbonyl (C=O) groups excluding carboxylic acids is 1. The average molecular weight is 493 g/mol. The maximum absolute atomic E-state index is 12.9. The quantitative estimate of drug-likeness (QED) is 0.340. The largest absolute Gasteiger partial charge is 0.457 e. The minimum Gasteiger partial charge on any atom is -0.457 e. The number of nitrogens with one attached hydrogen (secondary N) is 1.